The van der Waals surface area contributed by atoms with E-state index in [0.29, 0.717) is 6.04 Å². The normalized spacial score (nSPS) is 36.4. The molecule has 2 heterocycles. The zero-order valence-corrected chi connectivity index (χ0v) is 7.33. The summed E-state index contributed by atoms with van der Waals surface area (Å²) in [4.78, 5) is 13.6. The molecular weight excluding hydrogens is 152 g/mol. The quantitative estimate of drug-likeness (QED) is 0.572. The fourth-order valence-corrected chi connectivity index (χ4v) is 2.30. The van der Waals surface area contributed by atoms with Gasteiger partial charge in [0.05, 0.1) is 6.04 Å². The van der Waals surface area contributed by atoms with Crippen molar-refractivity contribution in [3.63, 3.8) is 0 Å². The van der Waals surface area contributed by atoms with Gasteiger partial charge in [0.2, 0.25) is 5.91 Å². The van der Waals surface area contributed by atoms with Gasteiger partial charge in [-0.25, -0.2) is 0 Å². The van der Waals surface area contributed by atoms with E-state index in [9.17, 15) is 4.79 Å². The van der Waals surface area contributed by atoms with E-state index >= 15 is 0 Å². The number of rotatable bonds is 0. The van der Waals surface area contributed by atoms with Gasteiger partial charge in [-0.15, -0.1) is 0 Å². The highest BCUT2D eigenvalue weighted by molar-refractivity contribution is 5.82. The Kier molecular flexibility index (Phi) is 2.05. The number of hydrogen-bond donors (Lipinski definition) is 1. The summed E-state index contributed by atoms with van der Waals surface area (Å²) in [5.41, 5.74) is 5.69. The van der Waals surface area contributed by atoms with Crippen molar-refractivity contribution in [1.29, 1.82) is 0 Å². The molecule has 68 valence electrons. The first kappa shape index (κ1) is 8.05. The molecule has 0 radical (unpaired) electrons. The van der Waals surface area contributed by atoms with Crippen LogP contribution < -0.4 is 5.73 Å². The maximum Gasteiger partial charge on any atom is 0.239 e. The lowest BCUT2D eigenvalue weighted by molar-refractivity contribution is -0.139. The third-order valence-corrected chi connectivity index (χ3v) is 3.04. The number of piperidine rings is 2. The second kappa shape index (κ2) is 3.05. The third kappa shape index (κ3) is 1.22. The molecule has 2 rings (SSSR count). The largest absolute Gasteiger partial charge is 0.338 e. The lowest BCUT2D eigenvalue weighted by Gasteiger charge is -2.41. The second-order valence-electron chi connectivity index (χ2n) is 3.87. The average molecular weight is 168 g/mol. The molecule has 2 atom stereocenters. The van der Waals surface area contributed by atoms with E-state index in [1.807, 2.05) is 4.90 Å². The van der Waals surface area contributed by atoms with Crippen LogP contribution in [0.5, 0.6) is 0 Å². The second-order valence-corrected chi connectivity index (χ2v) is 3.87. The van der Waals surface area contributed by atoms with Gasteiger partial charge in [0.1, 0.15) is 0 Å². The van der Waals surface area contributed by atoms with Crippen LogP contribution in [0.25, 0.3) is 0 Å². The molecule has 2 N–H and O–H groups in total. The van der Waals surface area contributed by atoms with Gasteiger partial charge in [-0.2, -0.15) is 0 Å². The van der Waals surface area contributed by atoms with Crippen molar-refractivity contribution in [3.05, 3.63) is 0 Å². The van der Waals surface area contributed by atoms with Gasteiger partial charge in [0, 0.05) is 12.6 Å². The Bertz CT molecular complexity index is 193. The Morgan fingerprint density at radius 3 is 2.92 bits per heavy atom. The maximum absolute atomic E-state index is 11.6. The van der Waals surface area contributed by atoms with Crippen LogP contribution in [-0.4, -0.2) is 29.4 Å². The van der Waals surface area contributed by atoms with E-state index in [-0.39, 0.29) is 11.9 Å². The van der Waals surface area contributed by atoms with E-state index in [1.165, 1.54) is 12.8 Å². The summed E-state index contributed by atoms with van der Waals surface area (Å²) in [6, 6.07) is 0.311. The van der Waals surface area contributed by atoms with Gasteiger partial charge in [0.15, 0.2) is 0 Å². The van der Waals surface area contributed by atoms with Gasteiger partial charge in [-0.05, 0) is 32.1 Å². The maximum atomic E-state index is 11.6. The molecule has 0 spiro atoms. The van der Waals surface area contributed by atoms with E-state index < -0.39 is 0 Å². The monoisotopic (exact) mass is 168 g/mol. The van der Waals surface area contributed by atoms with Gasteiger partial charge in [-0.3, -0.25) is 4.79 Å². The Morgan fingerprint density at radius 2 is 2.08 bits per heavy atom. The van der Waals surface area contributed by atoms with Crippen molar-refractivity contribution in [2.45, 2.75) is 44.2 Å². The van der Waals surface area contributed by atoms with Crippen molar-refractivity contribution >= 4 is 5.91 Å². The molecule has 0 aromatic carbocycles. The fraction of sp³-hybridized carbons (Fsp3) is 0.889. The van der Waals surface area contributed by atoms with E-state index in [1.54, 1.807) is 0 Å². The van der Waals surface area contributed by atoms with E-state index in [4.69, 9.17) is 5.73 Å². The molecule has 3 nitrogen and oxygen atoms in total. The molecule has 2 saturated heterocycles. The summed E-state index contributed by atoms with van der Waals surface area (Å²) in [6.45, 7) is 0.942. The summed E-state index contributed by atoms with van der Waals surface area (Å²) in [6.07, 6.45) is 5.64. The van der Waals surface area contributed by atoms with Gasteiger partial charge < -0.3 is 10.6 Å². The number of carbonyl (C=O) groups is 1. The summed E-state index contributed by atoms with van der Waals surface area (Å²) in [5.74, 6) is 0.186. The molecule has 3 heteroatoms. The number of nitrogens with two attached hydrogens (primary N) is 1. The topological polar surface area (TPSA) is 46.3 Å². The van der Waals surface area contributed by atoms with Crippen LogP contribution in [0.1, 0.15) is 32.1 Å². The standard InChI is InChI=1S/C9H16N2O/c10-8-5-4-7-3-1-2-6-11(7)9(8)12/h7-8H,1-6,10H2. The van der Waals surface area contributed by atoms with Crippen LogP contribution in [0.3, 0.4) is 0 Å². The van der Waals surface area contributed by atoms with Crippen LogP contribution in [-0.2, 0) is 4.79 Å². The number of fused-ring (bicyclic) bond motifs is 1. The van der Waals surface area contributed by atoms with Crippen molar-refractivity contribution in [2.75, 3.05) is 6.54 Å². The Morgan fingerprint density at radius 1 is 1.25 bits per heavy atom. The molecule has 2 aliphatic rings. The van der Waals surface area contributed by atoms with Gasteiger partial charge in [-0.1, -0.05) is 0 Å². The summed E-state index contributed by atoms with van der Waals surface area (Å²) >= 11 is 0. The zero-order chi connectivity index (χ0) is 8.55. The van der Waals surface area contributed by atoms with Gasteiger partial charge in [0.25, 0.3) is 0 Å². The van der Waals surface area contributed by atoms with Crippen LogP contribution in [0, 0.1) is 0 Å². The van der Waals surface area contributed by atoms with Crippen LogP contribution in [0.2, 0.25) is 0 Å². The van der Waals surface area contributed by atoms with E-state index in [2.05, 4.69) is 0 Å². The van der Waals surface area contributed by atoms with Gasteiger partial charge >= 0.3 is 0 Å². The number of amides is 1. The molecular formula is C9H16N2O. The minimum atomic E-state index is -0.209. The summed E-state index contributed by atoms with van der Waals surface area (Å²) < 4.78 is 0. The molecule has 1 amide bonds. The lowest BCUT2D eigenvalue weighted by Crippen LogP contribution is -2.54. The SMILES string of the molecule is NC1CCC2CCCCN2C1=O. The molecule has 0 bridgehead atoms. The average Bonchev–Trinajstić information content (AvgIpc) is 2.12. The summed E-state index contributed by atoms with van der Waals surface area (Å²) in [7, 11) is 0. The number of nitrogens with zero attached hydrogens (tertiary/aromatic N) is 1. The van der Waals surface area contributed by atoms with Crippen LogP contribution in [0.4, 0.5) is 0 Å². The third-order valence-electron chi connectivity index (χ3n) is 3.04. The molecule has 0 saturated carbocycles. The van der Waals surface area contributed by atoms with Crippen molar-refractivity contribution in [3.8, 4) is 0 Å². The molecule has 2 aliphatic heterocycles. The fourth-order valence-electron chi connectivity index (χ4n) is 2.30. The zero-order valence-electron chi connectivity index (χ0n) is 7.33. The Balaban J connectivity index is 2.08. The highest BCUT2D eigenvalue weighted by Gasteiger charge is 2.34. The first-order valence-corrected chi connectivity index (χ1v) is 4.85. The minimum absolute atomic E-state index is 0.186. The lowest BCUT2D eigenvalue weighted by atomic mass is 9.91. The highest BCUT2D eigenvalue weighted by atomic mass is 16.2. The van der Waals surface area contributed by atoms with Crippen molar-refractivity contribution in [2.24, 2.45) is 5.73 Å². The molecule has 0 aromatic rings. The molecule has 0 aliphatic carbocycles. The van der Waals surface area contributed by atoms with E-state index in [0.717, 1.165) is 25.8 Å². The number of carbonyl (C=O) groups excluding carboxylic acids is 1. The first-order valence-electron chi connectivity index (χ1n) is 4.85. The van der Waals surface area contributed by atoms with Crippen molar-refractivity contribution < 1.29 is 4.79 Å². The molecule has 2 fully saturated rings. The molecule has 2 unspecified atom stereocenters. The number of hydrogen-bond acceptors (Lipinski definition) is 2. The van der Waals surface area contributed by atoms with Crippen molar-refractivity contribution in [1.82, 2.24) is 4.90 Å². The highest BCUT2D eigenvalue weighted by Crippen LogP contribution is 2.25. The predicted octanol–water partition coefficient (Wildman–Crippen LogP) is 0.489. The molecule has 12 heavy (non-hydrogen) atoms. The Hall–Kier alpha value is -0.570. The van der Waals surface area contributed by atoms with Crippen LogP contribution in [0.15, 0.2) is 0 Å². The van der Waals surface area contributed by atoms with Crippen LogP contribution >= 0.6 is 0 Å². The summed E-state index contributed by atoms with van der Waals surface area (Å²) in [5, 5.41) is 0. The first-order chi connectivity index (χ1) is 5.79. The smallest absolute Gasteiger partial charge is 0.239 e. The predicted molar refractivity (Wildman–Crippen MR) is 46.6 cm³/mol. The molecule has 0 aromatic heterocycles. The minimum Gasteiger partial charge on any atom is -0.338 e. The Labute approximate surface area is 72.9 Å².